The molecule has 1 N–H and O–H groups in total. The van der Waals surface area contributed by atoms with Gasteiger partial charge in [0.25, 0.3) is 0 Å². The van der Waals surface area contributed by atoms with Crippen LogP contribution >= 0.6 is 15.9 Å². The highest BCUT2D eigenvalue weighted by atomic mass is 79.9. The lowest BCUT2D eigenvalue weighted by Gasteiger charge is -2.12. The number of phenolic OH excluding ortho intramolecular Hbond substituents is 1. The van der Waals surface area contributed by atoms with Crippen molar-refractivity contribution < 1.29 is 19.4 Å². The number of ketones is 1. The summed E-state index contributed by atoms with van der Waals surface area (Å²) in [6, 6.07) is 9.83. The van der Waals surface area contributed by atoms with E-state index in [1.165, 1.54) is 20.3 Å². The molecule has 0 spiro atoms. The van der Waals surface area contributed by atoms with E-state index >= 15 is 0 Å². The van der Waals surface area contributed by atoms with Gasteiger partial charge < -0.3 is 14.6 Å². The van der Waals surface area contributed by atoms with Crippen LogP contribution in [0.2, 0.25) is 0 Å². The third-order valence-electron chi connectivity index (χ3n) is 2.84. The maximum absolute atomic E-state index is 12.5. The van der Waals surface area contributed by atoms with Crippen LogP contribution in [0.3, 0.4) is 0 Å². The summed E-state index contributed by atoms with van der Waals surface area (Å²) in [6.45, 7) is 0. The van der Waals surface area contributed by atoms with Crippen molar-refractivity contribution in [2.45, 2.75) is 0 Å². The number of benzene rings is 2. The first-order valence-electron chi connectivity index (χ1n) is 5.82. The zero-order valence-corrected chi connectivity index (χ0v) is 12.6. The molecule has 104 valence electrons. The second-order valence-corrected chi connectivity index (χ2v) is 4.98. The van der Waals surface area contributed by atoms with Crippen LogP contribution in [0.15, 0.2) is 40.9 Å². The van der Waals surface area contributed by atoms with Crippen molar-refractivity contribution in [2.24, 2.45) is 0 Å². The van der Waals surface area contributed by atoms with E-state index in [-0.39, 0.29) is 22.8 Å². The van der Waals surface area contributed by atoms with Crippen LogP contribution in [-0.4, -0.2) is 25.1 Å². The summed E-state index contributed by atoms with van der Waals surface area (Å²) in [7, 11) is 2.91. The van der Waals surface area contributed by atoms with E-state index in [2.05, 4.69) is 15.9 Å². The standard InChI is InChI=1S/C15H13BrO4/c1-19-11-7-12(17)14(13(8-11)20-2)15(18)9-3-5-10(16)6-4-9/h3-8,17H,1-2H3. The Kier molecular flexibility index (Phi) is 4.29. The van der Waals surface area contributed by atoms with Crippen LogP contribution < -0.4 is 9.47 Å². The van der Waals surface area contributed by atoms with Crippen LogP contribution in [0.25, 0.3) is 0 Å². The van der Waals surface area contributed by atoms with Crippen LogP contribution in [-0.2, 0) is 0 Å². The monoisotopic (exact) mass is 336 g/mol. The fourth-order valence-corrected chi connectivity index (χ4v) is 2.09. The fourth-order valence-electron chi connectivity index (χ4n) is 1.83. The van der Waals surface area contributed by atoms with Crippen molar-refractivity contribution in [2.75, 3.05) is 14.2 Å². The van der Waals surface area contributed by atoms with Gasteiger partial charge in [-0.3, -0.25) is 4.79 Å². The molecule has 0 atom stereocenters. The van der Waals surface area contributed by atoms with E-state index < -0.39 is 0 Å². The molecule has 0 aliphatic carbocycles. The molecule has 0 saturated heterocycles. The van der Waals surface area contributed by atoms with Gasteiger partial charge in [-0.25, -0.2) is 0 Å². The van der Waals surface area contributed by atoms with Gasteiger partial charge in [0, 0.05) is 22.2 Å². The lowest BCUT2D eigenvalue weighted by atomic mass is 10.0. The third kappa shape index (κ3) is 2.77. The van der Waals surface area contributed by atoms with E-state index in [1.54, 1.807) is 30.3 Å². The summed E-state index contributed by atoms with van der Waals surface area (Å²) in [5.74, 6) is 0.213. The first kappa shape index (κ1) is 14.4. The fraction of sp³-hybridized carbons (Fsp3) is 0.133. The Labute approximate surface area is 125 Å². The molecular weight excluding hydrogens is 324 g/mol. The van der Waals surface area contributed by atoms with Gasteiger partial charge in [0.15, 0.2) is 0 Å². The maximum Gasteiger partial charge on any atom is 0.200 e. The van der Waals surface area contributed by atoms with Crippen molar-refractivity contribution in [1.29, 1.82) is 0 Å². The number of methoxy groups -OCH3 is 2. The first-order valence-corrected chi connectivity index (χ1v) is 6.61. The Balaban J connectivity index is 2.51. The van der Waals surface area contributed by atoms with Crippen LogP contribution in [0, 0.1) is 0 Å². The Morgan fingerprint density at radius 3 is 2.30 bits per heavy atom. The molecular formula is C15H13BrO4. The number of halogens is 1. The Hall–Kier alpha value is -2.01. The highest BCUT2D eigenvalue weighted by molar-refractivity contribution is 9.10. The van der Waals surface area contributed by atoms with Crippen molar-refractivity contribution in [3.63, 3.8) is 0 Å². The SMILES string of the molecule is COc1cc(O)c(C(=O)c2ccc(Br)cc2)c(OC)c1. The third-order valence-corrected chi connectivity index (χ3v) is 3.37. The van der Waals surface area contributed by atoms with E-state index in [1.807, 2.05) is 0 Å². The predicted molar refractivity (Wildman–Crippen MR) is 78.8 cm³/mol. The minimum atomic E-state index is -0.311. The topological polar surface area (TPSA) is 55.8 Å². The second-order valence-electron chi connectivity index (χ2n) is 4.06. The van der Waals surface area contributed by atoms with Crippen molar-refractivity contribution >= 4 is 21.7 Å². The van der Waals surface area contributed by atoms with Crippen LogP contribution in [0.1, 0.15) is 15.9 Å². The van der Waals surface area contributed by atoms with Crippen molar-refractivity contribution in [3.05, 3.63) is 52.0 Å². The minimum absolute atomic E-state index is 0.121. The van der Waals surface area contributed by atoms with E-state index in [0.29, 0.717) is 11.3 Å². The summed E-state index contributed by atoms with van der Waals surface area (Å²) < 4.78 is 11.1. The number of rotatable bonds is 4. The van der Waals surface area contributed by atoms with Gasteiger partial charge >= 0.3 is 0 Å². The molecule has 0 saturated carbocycles. The Bertz CT molecular complexity index is 635. The van der Waals surface area contributed by atoms with Gasteiger partial charge in [-0.15, -0.1) is 0 Å². The number of phenols is 1. The molecule has 2 aromatic carbocycles. The lowest BCUT2D eigenvalue weighted by Crippen LogP contribution is -2.05. The zero-order chi connectivity index (χ0) is 14.7. The average molecular weight is 337 g/mol. The van der Waals surface area contributed by atoms with Gasteiger partial charge in [-0.05, 0) is 24.3 Å². The molecule has 5 heteroatoms. The second kappa shape index (κ2) is 5.96. The molecule has 4 nitrogen and oxygen atoms in total. The molecule has 0 bridgehead atoms. The molecule has 0 amide bonds. The van der Waals surface area contributed by atoms with Gasteiger partial charge in [0.1, 0.15) is 22.8 Å². The minimum Gasteiger partial charge on any atom is -0.507 e. The molecule has 0 heterocycles. The Morgan fingerprint density at radius 1 is 1.10 bits per heavy atom. The average Bonchev–Trinajstić information content (AvgIpc) is 2.46. The number of ether oxygens (including phenoxy) is 2. The molecule has 0 aromatic heterocycles. The summed E-state index contributed by atoms with van der Waals surface area (Å²) in [5.41, 5.74) is 0.586. The molecule has 2 aromatic rings. The number of hydrogen-bond donors (Lipinski definition) is 1. The van der Waals surface area contributed by atoms with Crippen molar-refractivity contribution in [3.8, 4) is 17.2 Å². The zero-order valence-electron chi connectivity index (χ0n) is 11.0. The molecule has 2 rings (SSSR count). The predicted octanol–water partition coefficient (Wildman–Crippen LogP) is 3.40. The molecule has 20 heavy (non-hydrogen) atoms. The summed E-state index contributed by atoms with van der Waals surface area (Å²) in [6.07, 6.45) is 0. The quantitative estimate of drug-likeness (QED) is 0.869. The maximum atomic E-state index is 12.5. The molecule has 0 aliphatic heterocycles. The number of carbonyl (C=O) groups excluding carboxylic acids is 1. The lowest BCUT2D eigenvalue weighted by molar-refractivity contribution is 0.103. The Morgan fingerprint density at radius 2 is 1.75 bits per heavy atom. The molecule has 0 fully saturated rings. The molecule has 0 unspecified atom stereocenters. The summed E-state index contributed by atoms with van der Waals surface area (Å²) >= 11 is 3.31. The largest absolute Gasteiger partial charge is 0.507 e. The van der Waals surface area contributed by atoms with Crippen LogP contribution in [0.5, 0.6) is 17.2 Å². The first-order chi connectivity index (χ1) is 9.56. The van der Waals surface area contributed by atoms with Gasteiger partial charge in [-0.1, -0.05) is 15.9 Å². The van der Waals surface area contributed by atoms with E-state index in [4.69, 9.17) is 9.47 Å². The normalized spacial score (nSPS) is 10.2. The van der Waals surface area contributed by atoms with Gasteiger partial charge in [0.05, 0.1) is 14.2 Å². The smallest absolute Gasteiger partial charge is 0.200 e. The number of aromatic hydroxyl groups is 1. The molecule has 0 aliphatic rings. The van der Waals surface area contributed by atoms with E-state index in [9.17, 15) is 9.90 Å². The number of hydrogen-bond acceptors (Lipinski definition) is 4. The summed E-state index contributed by atoms with van der Waals surface area (Å²) in [5, 5.41) is 10.0. The highest BCUT2D eigenvalue weighted by Crippen LogP contribution is 2.34. The van der Waals surface area contributed by atoms with Crippen LogP contribution in [0.4, 0.5) is 0 Å². The summed E-state index contributed by atoms with van der Waals surface area (Å²) in [4.78, 5) is 12.5. The van der Waals surface area contributed by atoms with Crippen molar-refractivity contribution in [1.82, 2.24) is 0 Å². The van der Waals surface area contributed by atoms with Gasteiger partial charge in [-0.2, -0.15) is 0 Å². The molecule has 0 radical (unpaired) electrons. The highest BCUT2D eigenvalue weighted by Gasteiger charge is 2.20. The van der Waals surface area contributed by atoms with Gasteiger partial charge in [0.2, 0.25) is 5.78 Å². The number of carbonyl (C=O) groups is 1. The van der Waals surface area contributed by atoms with E-state index in [0.717, 1.165) is 4.47 Å².